The van der Waals surface area contributed by atoms with Gasteiger partial charge in [0.05, 0.1) is 11.9 Å². The van der Waals surface area contributed by atoms with Crippen LogP contribution in [-0.4, -0.2) is 22.7 Å². The van der Waals surface area contributed by atoms with Gasteiger partial charge in [-0.15, -0.1) is 0 Å². The highest BCUT2D eigenvalue weighted by Crippen LogP contribution is 2.34. The average Bonchev–Trinajstić information content (AvgIpc) is 3.15. The molecule has 2 N–H and O–H groups in total. The number of carbonyl (C=O) groups is 1. The summed E-state index contributed by atoms with van der Waals surface area (Å²) >= 11 is 0. The van der Waals surface area contributed by atoms with Crippen LogP contribution in [-0.2, 0) is 6.54 Å². The normalized spacial score (nSPS) is 11.8. The number of benzene rings is 1. The number of nitrogens with one attached hydrogen (secondary N) is 2. The van der Waals surface area contributed by atoms with E-state index in [0.717, 1.165) is 22.7 Å². The summed E-state index contributed by atoms with van der Waals surface area (Å²) in [6.07, 6.45) is 5.00. The third kappa shape index (κ3) is 3.56. The Morgan fingerprint density at radius 2 is 1.81 bits per heavy atom. The van der Waals surface area contributed by atoms with Gasteiger partial charge in [0.15, 0.2) is 11.5 Å². The van der Waals surface area contributed by atoms with Crippen molar-refractivity contribution in [3.63, 3.8) is 0 Å². The molecule has 130 valence electrons. The summed E-state index contributed by atoms with van der Waals surface area (Å²) < 4.78 is 10.6. The van der Waals surface area contributed by atoms with E-state index in [0.29, 0.717) is 18.0 Å². The topological polar surface area (TPSA) is 85.4 Å². The van der Waals surface area contributed by atoms with Crippen molar-refractivity contribution in [3.05, 3.63) is 72.3 Å². The fourth-order valence-electron chi connectivity index (χ4n) is 2.52. The Bertz CT molecular complexity index is 914. The molecule has 0 unspecified atom stereocenters. The average molecular weight is 348 g/mol. The molecule has 1 aromatic carbocycles. The lowest BCUT2D eigenvalue weighted by molar-refractivity contribution is 0.0946. The standard InChI is InChI=1S/C19H16N4O3/c24-19(22-10-13-5-7-20-8-6-13)16-3-1-15(11-21-16)23-14-2-4-17-18(9-14)26-12-25-17/h1-9,11,23H,10,12H2,(H,22,24). The molecule has 1 aliphatic rings. The highest BCUT2D eigenvalue weighted by Gasteiger charge is 2.13. The Kier molecular flexibility index (Phi) is 4.34. The monoisotopic (exact) mass is 348 g/mol. The van der Waals surface area contributed by atoms with Crippen LogP contribution in [0.5, 0.6) is 11.5 Å². The van der Waals surface area contributed by atoms with Crippen LogP contribution in [0.25, 0.3) is 0 Å². The van der Waals surface area contributed by atoms with Gasteiger partial charge in [-0.3, -0.25) is 9.78 Å². The van der Waals surface area contributed by atoms with Gasteiger partial charge in [0.1, 0.15) is 5.69 Å². The van der Waals surface area contributed by atoms with E-state index in [4.69, 9.17) is 9.47 Å². The fraction of sp³-hybridized carbons (Fsp3) is 0.105. The maximum atomic E-state index is 12.2. The Morgan fingerprint density at radius 1 is 1.00 bits per heavy atom. The predicted octanol–water partition coefficient (Wildman–Crippen LogP) is 2.88. The van der Waals surface area contributed by atoms with Gasteiger partial charge < -0.3 is 20.1 Å². The maximum absolute atomic E-state index is 12.2. The minimum absolute atomic E-state index is 0.226. The smallest absolute Gasteiger partial charge is 0.270 e. The first-order chi connectivity index (χ1) is 12.8. The first kappa shape index (κ1) is 15.9. The van der Waals surface area contributed by atoms with Crippen molar-refractivity contribution in [2.45, 2.75) is 6.54 Å². The van der Waals surface area contributed by atoms with Crippen LogP contribution < -0.4 is 20.1 Å². The minimum Gasteiger partial charge on any atom is -0.454 e. The molecule has 0 radical (unpaired) electrons. The molecule has 0 saturated heterocycles. The largest absolute Gasteiger partial charge is 0.454 e. The van der Waals surface area contributed by atoms with Gasteiger partial charge in [-0.05, 0) is 42.0 Å². The van der Waals surface area contributed by atoms with Crippen molar-refractivity contribution in [2.75, 3.05) is 12.1 Å². The van der Waals surface area contributed by atoms with Gasteiger partial charge in [-0.2, -0.15) is 0 Å². The summed E-state index contributed by atoms with van der Waals surface area (Å²) in [6.45, 7) is 0.671. The van der Waals surface area contributed by atoms with Crippen LogP contribution >= 0.6 is 0 Å². The molecule has 0 bridgehead atoms. The van der Waals surface area contributed by atoms with Crippen molar-refractivity contribution in [1.82, 2.24) is 15.3 Å². The number of pyridine rings is 2. The van der Waals surface area contributed by atoms with E-state index in [1.54, 1.807) is 30.7 Å². The van der Waals surface area contributed by atoms with Crippen molar-refractivity contribution >= 4 is 17.3 Å². The quantitative estimate of drug-likeness (QED) is 0.737. The van der Waals surface area contributed by atoms with Gasteiger partial charge >= 0.3 is 0 Å². The van der Waals surface area contributed by atoms with Crippen molar-refractivity contribution in [3.8, 4) is 11.5 Å². The van der Waals surface area contributed by atoms with Gasteiger partial charge in [0, 0.05) is 30.7 Å². The second-order valence-electron chi connectivity index (χ2n) is 5.66. The third-order valence-electron chi connectivity index (χ3n) is 3.86. The third-order valence-corrected chi connectivity index (χ3v) is 3.86. The second-order valence-corrected chi connectivity index (χ2v) is 5.66. The van der Waals surface area contributed by atoms with Gasteiger partial charge in [-0.1, -0.05) is 0 Å². The lowest BCUT2D eigenvalue weighted by Crippen LogP contribution is -2.23. The fourth-order valence-corrected chi connectivity index (χ4v) is 2.52. The molecule has 3 heterocycles. The summed E-state index contributed by atoms with van der Waals surface area (Å²) in [5.41, 5.74) is 2.96. The Labute approximate surface area is 150 Å². The van der Waals surface area contributed by atoms with Crippen molar-refractivity contribution < 1.29 is 14.3 Å². The number of rotatable bonds is 5. The number of amides is 1. The van der Waals surface area contributed by atoms with Crippen LogP contribution in [0.1, 0.15) is 16.1 Å². The van der Waals surface area contributed by atoms with Crippen LogP contribution in [0.4, 0.5) is 11.4 Å². The van der Waals surface area contributed by atoms with E-state index in [1.165, 1.54) is 0 Å². The molecule has 7 nitrogen and oxygen atoms in total. The summed E-state index contributed by atoms with van der Waals surface area (Å²) in [5.74, 6) is 1.21. The lowest BCUT2D eigenvalue weighted by Gasteiger charge is -2.08. The zero-order chi connectivity index (χ0) is 17.8. The molecule has 0 fully saturated rings. The summed E-state index contributed by atoms with van der Waals surface area (Å²) in [5, 5.41) is 6.05. The molecule has 0 atom stereocenters. The lowest BCUT2D eigenvalue weighted by atomic mass is 10.2. The number of hydrogen-bond donors (Lipinski definition) is 2. The first-order valence-corrected chi connectivity index (χ1v) is 8.08. The number of anilines is 2. The molecule has 0 aliphatic carbocycles. The van der Waals surface area contributed by atoms with Gasteiger partial charge in [0.25, 0.3) is 5.91 Å². The molecule has 3 aromatic rings. The highest BCUT2D eigenvalue weighted by molar-refractivity contribution is 5.92. The first-order valence-electron chi connectivity index (χ1n) is 8.08. The number of aromatic nitrogens is 2. The molecule has 26 heavy (non-hydrogen) atoms. The zero-order valence-electron chi connectivity index (χ0n) is 13.8. The zero-order valence-corrected chi connectivity index (χ0v) is 13.8. The van der Waals surface area contributed by atoms with Crippen LogP contribution in [0.3, 0.4) is 0 Å². The molecule has 2 aromatic heterocycles. The number of hydrogen-bond acceptors (Lipinski definition) is 6. The van der Waals surface area contributed by atoms with E-state index in [-0.39, 0.29) is 12.7 Å². The van der Waals surface area contributed by atoms with Gasteiger partial charge in [0.2, 0.25) is 6.79 Å². The Balaban J connectivity index is 1.38. The van der Waals surface area contributed by atoms with E-state index in [1.807, 2.05) is 30.3 Å². The number of carbonyl (C=O) groups excluding carboxylic acids is 1. The van der Waals surface area contributed by atoms with Crippen LogP contribution in [0.2, 0.25) is 0 Å². The Morgan fingerprint density at radius 3 is 2.62 bits per heavy atom. The molecule has 4 rings (SSSR count). The van der Waals surface area contributed by atoms with Gasteiger partial charge in [-0.25, -0.2) is 4.98 Å². The van der Waals surface area contributed by atoms with Crippen LogP contribution in [0.15, 0.2) is 61.1 Å². The number of fused-ring (bicyclic) bond motifs is 1. The minimum atomic E-state index is -0.226. The number of ether oxygens (including phenoxy) is 2. The Hall–Kier alpha value is -3.61. The maximum Gasteiger partial charge on any atom is 0.270 e. The predicted molar refractivity (Wildman–Crippen MR) is 95.5 cm³/mol. The molecule has 1 aliphatic heterocycles. The summed E-state index contributed by atoms with van der Waals surface area (Å²) in [6, 6.07) is 12.8. The molecular weight excluding hydrogens is 332 g/mol. The molecule has 1 amide bonds. The highest BCUT2D eigenvalue weighted by atomic mass is 16.7. The number of nitrogens with zero attached hydrogens (tertiary/aromatic N) is 2. The SMILES string of the molecule is O=C(NCc1ccncc1)c1ccc(Nc2ccc3c(c2)OCO3)cn1. The van der Waals surface area contributed by atoms with Crippen molar-refractivity contribution in [2.24, 2.45) is 0 Å². The summed E-state index contributed by atoms with van der Waals surface area (Å²) in [7, 11) is 0. The molecule has 0 spiro atoms. The second kappa shape index (κ2) is 7.10. The van der Waals surface area contributed by atoms with E-state index in [9.17, 15) is 4.79 Å². The van der Waals surface area contributed by atoms with Crippen molar-refractivity contribution in [1.29, 1.82) is 0 Å². The van der Waals surface area contributed by atoms with Crippen LogP contribution in [0, 0.1) is 0 Å². The molecule has 0 saturated carbocycles. The van der Waals surface area contributed by atoms with E-state index < -0.39 is 0 Å². The summed E-state index contributed by atoms with van der Waals surface area (Å²) in [4.78, 5) is 20.3. The van der Waals surface area contributed by atoms with E-state index in [2.05, 4.69) is 20.6 Å². The molecule has 7 heteroatoms. The van der Waals surface area contributed by atoms with E-state index >= 15 is 0 Å². The molecular formula is C19H16N4O3.